The zero-order chi connectivity index (χ0) is 10.0. The molecular formula is C8H15N3O2. The van der Waals surface area contributed by atoms with E-state index in [2.05, 4.69) is 5.16 Å². The van der Waals surface area contributed by atoms with E-state index >= 15 is 0 Å². The first-order chi connectivity index (χ1) is 6.07. The summed E-state index contributed by atoms with van der Waals surface area (Å²) in [6, 6.07) is -0.335. The summed E-state index contributed by atoms with van der Waals surface area (Å²) in [5, 5.41) is 11.3. The fourth-order valence-electron chi connectivity index (χ4n) is 1.09. The van der Waals surface area contributed by atoms with Crippen LogP contribution in [0.2, 0.25) is 0 Å². The van der Waals surface area contributed by atoms with Crippen LogP contribution < -0.4 is 5.73 Å². The van der Waals surface area contributed by atoms with Gasteiger partial charge in [-0.1, -0.05) is 5.16 Å². The van der Waals surface area contributed by atoms with Gasteiger partial charge < -0.3 is 15.8 Å². The molecule has 3 N–H and O–H groups in total. The molecule has 5 nitrogen and oxygen atoms in total. The Balaban J connectivity index is 2.54. The molecule has 1 amide bonds. The number of hydrogen-bond acceptors (Lipinski definition) is 3. The Morgan fingerprint density at radius 1 is 1.69 bits per heavy atom. The summed E-state index contributed by atoms with van der Waals surface area (Å²) in [5.74, 6) is 0.314. The summed E-state index contributed by atoms with van der Waals surface area (Å²) in [6.07, 6.45) is 1.93. The molecule has 5 heteroatoms. The van der Waals surface area contributed by atoms with Crippen LogP contribution in [0.1, 0.15) is 19.8 Å². The summed E-state index contributed by atoms with van der Waals surface area (Å²) in [4.78, 5) is 13.0. The monoisotopic (exact) mass is 185 g/mol. The number of hydrogen-bond donors (Lipinski definition) is 2. The third-order valence-electron chi connectivity index (χ3n) is 2.40. The third-order valence-corrected chi connectivity index (χ3v) is 2.40. The first kappa shape index (κ1) is 9.83. The number of amidine groups is 1. The van der Waals surface area contributed by atoms with E-state index in [0.29, 0.717) is 0 Å². The van der Waals surface area contributed by atoms with Gasteiger partial charge in [0.05, 0.1) is 6.04 Å². The van der Waals surface area contributed by atoms with Gasteiger partial charge in [-0.25, -0.2) is 0 Å². The summed E-state index contributed by atoms with van der Waals surface area (Å²) >= 11 is 0. The Morgan fingerprint density at radius 3 is 2.62 bits per heavy atom. The van der Waals surface area contributed by atoms with Gasteiger partial charge in [0.2, 0.25) is 5.91 Å². The highest BCUT2D eigenvalue weighted by atomic mass is 16.4. The van der Waals surface area contributed by atoms with Crippen molar-refractivity contribution in [1.82, 2.24) is 4.90 Å². The van der Waals surface area contributed by atoms with Crippen molar-refractivity contribution in [3.05, 3.63) is 0 Å². The van der Waals surface area contributed by atoms with Gasteiger partial charge in [-0.2, -0.15) is 0 Å². The molecule has 1 atom stereocenters. The minimum atomic E-state index is -0.335. The highest BCUT2D eigenvalue weighted by molar-refractivity contribution is 5.90. The lowest BCUT2D eigenvalue weighted by Gasteiger charge is -2.23. The van der Waals surface area contributed by atoms with E-state index in [0.717, 1.165) is 12.8 Å². The fraction of sp³-hybridized carbons (Fsp3) is 0.750. The minimum Gasteiger partial charge on any atom is -0.409 e. The molecule has 0 aromatic rings. The maximum atomic E-state index is 11.5. The molecule has 1 aliphatic rings. The fourth-order valence-corrected chi connectivity index (χ4v) is 1.09. The van der Waals surface area contributed by atoms with Crippen molar-refractivity contribution in [3.63, 3.8) is 0 Å². The molecule has 0 spiro atoms. The molecule has 1 aliphatic carbocycles. The Labute approximate surface area is 77.2 Å². The average molecular weight is 185 g/mol. The lowest BCUT2D eigenvalue weighted by atomic mass is 10.2. The molecule has 1 saturated carbocycles. The SMILES string of the molecule is CC(C(N)=NO)N(C)C(=O)C1CC1. The number of nitrogens with zero attached hydrogens (tertiary/aromatic N) is 2. The second-order valence-corrected chi connectivity index (χ2v) is 3.42. The average Bonchev–Trinajstić information content (AvgIpc) is 2.96. The zero-order valence-corrected chi connectivity index (χ0v) is 7.90. The van der Waals surface area contributed by atoms with Crippen molar-refractivity contribution in [2.75, 3.05) is 7.05 Å². The number of rotatable bonds is 3. The second-order valence-electron chi connectivity index (χ2n) is 3.42. The highest BCUT2D eigenvalue weighted by Gasteiger charge is 2.34. The minimum absolute atomic E-state index is 0.0662. The number of carbonyl (C=O) groups is 1. The molecular weight excluding hydrogens is 170 g/mol. The Bertz CT molecular complexity index is 236. The van der Waals surface area contributed by atoms with Crippen molar-refractivity contribution >= 4 is 11.7 Å². The Kier molecular flexibility index (Phi) is 2.75. The highest BCUT2D eigenvalue weighted by Crippen LogP contribution is 2.31. The van der Waals surface area contributed by atoms with Crippen LogP contribution in [-0.2, 0) is 4.79 Å². The lowest BCUT2D eigenvalue weighted by molar-refractivity contribution is -0.131. The number of likely N-dealkylation sites (N-methyl/N-ethyl adjacent to an activating group) is 1. The first-order valence-electron chi connectivity index (χ1n) is 4.32. The second kappa shape index (κ2) is 3.64. The normalized spacial score (nSPS) is 19.7. The van der Waals surface area contributed by atoms with E-state index in [-0.39, 0.29) is 23.7 Å². The molecule has 0 bridgehead atoms. The standard InChI is InChI=1S/C8H15N3O2/c1-5(7(9)10-13)11(2)8(12)6-3-4-6/h5-6,13H,3-4H2,1-2H3,(H2,9,10). The van der Waals surface area contributed by atoms with Gasteiger partial charge in [-0.15, -0.1) is 0 Å². The van der Waals surface area contributed by atoms with Crippen molar-refractivity contribution in [2.45, 2.75) is 25.8 Å². The van der Waals surface area contributed by atoms with Crippen molar-refractivity contribution in [2.24, 2.45) is 16.8 Å². The van der Waals surface area contributed by atoms with Gasteiger partial charge in [0, 0.05) is 13.0 Å². The maximum absolute atomic E-state index is 11.5. The Hall–Kier alpha value is -1.26. The maximum Gasteiger partial charge on any atom is 0.226 e. The van der Waals surface area contributed by atoms with Gasteiger partial charge in [0.1, 0.15) is 0 Å². The van der Waals surface area contributed by atoms with E-state index in [9.17, 15) is 4.79 Å². The van der Waals surface area contributed by atoms with Crippen LogP contribution in [0.4, 0.5) is 0 Å². The topological polar surface area (TPSA) is 78.9 Å². The molecule has 0 aromatic carbocycles. The smallest absolute Gasteiger partial charge is 0.226 e. The molecule has 1 rings (SSSR count). The molecule has 1 fully saturated rings. The number of amides is 1. The first-order valence-corrected chi connectivity index (χ1v) is 4.32. The van der Waals surface area contributed by atoms with Crippen molar-refractivity contribution in [1.29, 1.82) is 0 Å². The van der Waals surface area contributed by atoms with E-state index in [1.807, 2.05) is 0 Å². The number of carbonyl (C=O) groups excluding carboxylic acids is 1. The summed E-state index contributed by atoms with van der Waals surface area (Å²) in [5.41, 5.74) is 5.38. The van der Waals surface area contributed by atoms with Crippen LogP contribution in [0.25, 0.3) is 0 Å². The third kappa shape index (κ3) is 2.11. The van der Waals surface area contributed by atoms with E-state index in [1.165, 1.54) is 4.90 Å². The molecule has 0 saturated heterocycles. The summed E-state index contributed by atoms with van der Waals surface area (Å²) < 4.78 is 0. The van der Waals surface area contributed by atoms with E-state index < -0.39 is 0 Å². The van der Waals surface area contributed by atoms with Gasteiger partial charge in [0.25, 0.3) is 0 Å². The van der Waals surface area contributed by atoms with Crippen LogP contribution in [-0.4, -0.2) is 34.9 Å². The van der Waals surface area contributed by atoms with Gasteiger partial charge in [-0.3, -0.25) is 4.79 Å². The number of oxime groups is 1. The summed E-state index contributed by atoms with van der Waals surface area (Å²) in [7, 11) is 1.67. The van der Waals surface area contributed by atoms with E-state index in [1.54, 1.807) is 14.0 Å². The molecule has 0 aliphatic heterocycles. The summed E-state index contributed by atoms with van der Waals surface area (Å²) in [6.45, 7) is 1.73. The van der Waals surface area contributed by atoms with Crippen LogP contribution in [0.15, 0.2) is 5.16 Å². The Morgan fingerprint density at radius 2 is 2.23 bits per heavy atom. The lowest BCUT2D eigenvalue weighted by Crippen LogP contribution is -2.44. The van der Waals surface area contributed by atoms with Gasteiger partial charge in [0.15, 0.2) is 5.84 Å². The molecule has 13 heavy (non-hydrogen) atoms. The molecule has 0 aromatic heterocycles. The predicted octanol–water partition coefficient (Wildman–Crippen LogP) is -0.0103. The van der Waals surface area contributed by atoms with Crippen molar-refractivity contribution in [3.8, 4) is 0 Å². The molecule has 1 unspecified atom stereocenters. The van der Waals surface area contributed by atoms with Crippen LogP contribution in [0, 0.1) is 5.92 Å². The van der Waals surface area contributed by atoms with E-state index in [4.69, 9.17) is 10.9 Å². The quantitative estimate of drug-likeness (QED) is 0.281. The largest absolute Gasteiger partial charge is 0.409 e. The molecule has 0 heterocycles. The molecule has 74 valence electrons. The van der Waals surface area contributed by atoms with Crippen molar-refractivity contribution < 1.29 is 10.0 Å². The van der Waals surface area contributed by atoms with Gasteiger partial charge in [-0.05, 0) is 19.8 Å². The number of nitrogens with two attached hydrogens (primary N) is 1. The van der Waals surface area contributed by atoms with Crippen LogP contribution in [0.5, 0.6) is 0 Å². The van der Waals surface area contributed by atoms with Crippen LogP contribution in [0.3, 0.4) is 0 Å². The zero-order valence-electron chi connectivity index (χ0n) is 7.90. The predicted molar refractivity (Wildman–Crippen MR) is 48.4 cm³/mol. The van der Waals surface area contributed by atoms with Gasteiger partial charge >= 0.3 is 0 Å². The van der Waals surface area contributed by atoms with Crippen LogP contribution >= 0.6 is 0 Å². The molecule has 0 radical (unpaired) electrons.